The van der Waals surface area contributed by atoms with Gasteiger partial charge in [-0.15, -0.1) is 0 Å². The molecule has 0 spiro atoms. The number of nitro benzene ring substituents is 1. The topological polar surface area (TPSA) is 63.4 Å². The first-order valence-electron chi connectivity index (χ1n) is 7.35. The van der Waals surface area contributed by atoms with E-state index in [9.17, 15) is 19.3 Å². The van der Waals surface area contributed by atoms with Crippen LogP contribution in [-0.2, 0) is 6.54 Å². The fourth-order valence-electron chi connectivity index (χ4n) is 2.53. The lowest BCUT2D eigenvalue weighted by Gasteiger charge is -2.22. The zero-order chi connectivity index (χ0) is 16.4. The van der Waals surface area contributed by atoms with Gasteiger partial charge >= 0.3 is 0 Å². The zero-order valence-electron chi connectivity index (χ0n) is 12.3. The van der Waals surface area contributed by atoms with Crippen LogP contribution in [-0.4, -0.2) is 21.8 Å². The average molecular weight is 314 g/mol. The van der Waals surface area contributed by atoms with E-state index in [1.54, 1.807) is 24.3 Å². The molecule has 0 saturated heterocycles. The van der Waals surface area contributed by atoms with Crippen LogP contribution in [0.3, 0.4) is 0 Å². The standard InChI is InChI=1S/C17H15FN2O3/c18-15-7-3-1-5-12(15)11-19(13-9-10-13)17(21)14-6-2-4-8-16(14)20(22)23/h1-8,13H,9-11H2. The number of hydrogen-bond donors (Lipinski definition) is 0. The Bertz CT molecular complexity index is 759. The van der Waals surface area contributed by atoms with Gasteiger partial charge in [-0.1, -0.05) is 30.3 Å². The molecule has 0 aliphatic heterocycles. The summed E-state index contributed by atoms with van der Waals surface area (Å²) in [6.07, 6.45) is 1.67. The molecule has 0 atom stereocenters. The van der Waals surface area contributed by atoms with Crippen LogP contribution in [0.4, 0.5) is 10.1 Å². The van der Waals surface area contributed by atoms with E-state index >= 15 is 0 Å². The summed E-state index contributed by atoms with van der Waals surface area (Å²) in [4.78, 5) is 24.8. The molecule has 1 amide bonds. The van der Waals surface area contributed by atoms with Crippen LogP contribution in [0.15, 0.2) is 48.5 Å². The van der Waals surface area contributed by atoms with Crippen molar-refractivity contribution in [3.05, 3.63) is 75.6 Å². The molecular formula is C17H15FN2O3. The molecule has 1 aliphatic rings. The van der Waals surface area contributed by atoms with Gasteiger partial charge < -0.3 is 4.90 Å². The molecule has 1 saturated carbocycles. The molecule has 23 heavy (non-hydrogen) atoms. The Morgan fingerprint density at radius 3 is 2.48 bits per heavy atom. The molecule has 5 nitrogen and oxygen atoms in total. The maximum Gasteiger partial charge on any atom is 0.282 e. The molecule has 0 radical (unpaired) electrons. The van der Waals surface area contributed by atoms with Crippen molar-refractivity contribution in [3.63, 3.8) is 0 Å². The predicted octanol–water partition coefficient (Wildman–Crippen LogP) is 3.54. The Morgan fingerprint density at radius 1 is 1.17 bits per heavy atom. The largest absolute Gasteiger partial charge is 0.331 e. The average Bonchev–Trinajstić information content (AvgIpc) is 3.38. The quantitative estimate of drug-likeness (QED) is 0.626. The van der Waals surface area contributed by atoms with Crippen LogP contribution in [0.2, 0.25) is 0 Å². The van der Waals surface area contributed by atoms with Gasteiger partial charge in [0.15, 0.2) is 0 Å². The normalized spacial score (nSPS) is 13.6. The van der Waals surface area contributed by atoms with E-state index in [0.717, 1.165) is 12.8 Å². The van der Waals surface area contributed by atoms with Crippen LogP contribution < -0.4 is 0 Å². The molecule has 0 heterocycles. The Kier molecular flexibility index (Phi) is 4.06. The monoisotopic (exact) mass is 314 g/mol. The summed E-state index contributed by atoms with van der Waals surface area (Å²) in [5.74, 6) is -0.809. The molecule has 1 fully saturated rings. The van der Waals surface area contributed by atoms with Crippen molar-refractivity contribution >= 4 is 11.6 Å². The number of amides is 1. The third-order valence-corrected chi connectivity index (χ3v) is 3.88. The highest BCUT2D eigenvalue weighted by molar-refractivity contribution is 5.98. The minimum absolute atomic E-state index is 0.0157. The SMILES string of the molecule is O=C(c1ccccc1[N+](=O)[O-])N(Cc1ccccc1F)C1CC1. The lowest BCUT2D eigenvalue weighted by atomic mass is 10.1. The van der Waals surface area contributed by atoms with Gasteiger partial charge in [-0.05, 0) is 25.0 Å². The van der Waals surface area contributed by atoms with Crippen LogP contribution >= 0.6 is 0 Å². The van der Waals surface area contributed by atoms with Crippen molar-refractivity contribution in [2.75, 3.05) is 0 Å². The molecule has 0 N–H and O–H groups in total. The second-order valence-corrected chi connectivity index (χ2v) is 5.53. The van der Waals surface area contributed by atoms with Gasteiger partial charge in [-0.25, -0.2) is 4.39 Å². The lowest BCUT2D eigenvalue weighted by molar-refractivity contribution is -0.385. The van der Waals surface area contributed by atoms with Gasteiger partial charge in [0, 0.05) is 24.2 Å². The van der Waals surface area contributed by atoms with Crippen LogP contribution in [0, 0.1) is 15.9 Å². The molecule has 0 unspecified atom stereocenters. The zero-order valence-corrected chi connectivity index (χ0v) is 12.3. The summed E-state index contributed by atoms with van der Waals surface area (Å²) < 4.78 is 13.9. The number of nitro groups is 1. The highest BCUT2D eigenvalue weighted by Crippen LogP contribution is 2.32. The second-order valence-electron chi connectivity index (χ2n) is 5.53. The van der Waals surface area contributed by atoms with Gasteiger partial charge in [0.05, 0.1) is 4.92 Å². The number of carbonyl (C=O) groups is 1. The molecule has 118 valence electrons. The van der Waals surface area contributed by atoms with E-state index < -0.39 is 10.8 Å². The van der Waals surface area contributed by atoms with E-state index in [0.29, 0.717) is 5.56 Å². The number of para-hydroxylation sites is 1. The maximum absolute atomic E-state index is 13.9. The lowest BCUT2D eigenvalue weighted by Crippen LogP contribution is -2.33. The summed E-state index contributed by atoms with van der Waals surface area (Å²) in [6.45, 7) is 0.113. The summed E-state index contributed by atoms with van der Waals surface area (Å²) in [5.41, 5.74) is 0.226. The second kappa shape index (κ2) is 6.16. The van der Waals surface area contributed by atoms with E-state index in [1.165, 1.54) is 29.2 Å². The number of carbonyl (C=O) groups excluding carboxylic acids is 1. The molecule has 0 bridgehead atoms. The highest BCUT2D eigenvalue weighted by atomic mass is 19.1. The molecule has 0 aromatic heterocycles. The van der Waals surface area contributed by atoms with Gasteiger partial charge in [0.1, 0.15) is 11.4 Å². The van der Waals surface area contributed by atoms with E-state index in [-0.39, 0.29) is 29.7 Å². The van der Waals surface area contributed by atoms with Crippen LogP contribution in [0.5, 0.6) is 0 Å². The summed E-state index contributed by atoms with van der Waals surface area (Å²) in [6, 6.07) is 12.1. The number of nitrogens with zero attached hydrogens (tertiary/aromatic N) is 2. The van der Waals surface area contributed by atoms with Gasteiger partial charge in [-0.3, -0.25) is 14.9 Å². The fourth-order valence-corrected chi connectivity index (χ4v) is 2.53. The minimum atomic E-state index is -0.568. The first-order valence-corrected chi connectivity index (χ1v) is 7.35. The van der Waals surface area contributed by atoms with E-state index in [4.69, 9.17) is 0 Å². The van der Waals surface area contributed by atoms with Gasteiger partial charge in [0.25, 0.3) is 11.6 Å². The molecule has 3 rings (SSSR count). The Hall–Kier alpha value is -2.76. The van der Waals surface area contributed by atoms with Gasteiger partial charge in [0.2, 0.25) is 0 Å². The highest BCUT2D eigenvalue weighted by Gasteiger charge is 2.35. The van der Waals surface area contributed by atoms with Gasteiger partial charge in [-0.2, -0.15) is 0 Å². The van der Waals surface area contributed by atoms with Crippen molar-refractivity contribution in [3.8, 4) is 0 Å². The van der Waals surface area contributed by atoms with Crippen LogP contribution in [0.1, 0.15) is 28.8 Å². The van der Waals surface area contributed by atoms with E-state index in [1.807, 2.05) is 0 Å². The minimum Gasteiger partial charge on any atom is -0.331 e. The summed E-state index contributed by atoms with van der Waals surface area (Å²) >= 11 is 0. The first kappa shape index (κ1) is 15.1. The molecule has 1 aliphatic carbocycles. The number of benzene rings is 2. The maximum atomic E-state index is 13.9. The molecule has 2 aromatic carbocycles. The number of rotatable bonds is 5. The van der Waals surface area contributed by atoms with Crippen molar-refractivity contribution in [1.29, 1.82) is 0 Å². The Balaban J connectivity index is 1.92. The third kappa shape index (κ3) is 3.21. The Morgan fingerprint density at radius 2 is 1.83 bits per heavy atom. The van der Waals surface area contributed by atoms with Crippen molar-refractivity contribution in [1.82, 2.24) is 4.90 Å². The van der Waals surface area contributed by atoms with Crippen molar-refractivity contribution < 1.29 is 14.1 Å². The molecular weight excluding hydrogens is 299 g/mol. The predicted molar refractivity (Wildman–Crippen MR) is 82.4 cm³/mol. The fraction of sp³-hybridized carbons (Fsp3) is 0.235. The third-order valence-electron chi connectivity index (χ3n) is 3.88. The molecule has 6 heteroatoms. The number of hydrogen-bond acceptors (Lipinski definition) is 3. The molecule has 2 aromatic rings. The first-order chi connectivity index (χ1) is 11.1. The van der Waals surface area contributed by atoms with E-state index in [2.05, 4.69) is 0 Å². The summed E-state index contributed by atoms with van der Waals surface area (Å²) in [5, 5.41) is 11.1. The number of halogens is 1. The summed E-state index contributed by atoms with van der Waals surface area (Å²) in [7, 11) is 0. The van der Waals surface area contributed by atoms with Crippen molar-refractivity contribution in [2.24, 2.45) is 0 Å². The smallest absolute Gasteiger partial charge is 0.282 e. The van der Waals surface area contributed by atoms with Crippen molar-refractivity contribution in [2.45, 2.75) is 25.4 Å². The van der Waals surface area contributed by atoms with Crippen LogP contribution in [0.25, 0.3) is 0 Å². The Labute approximate surface area is 132 Å².